The van der Waals surface area contributed by atoms with Crippen LogP contribution in [0.15, 0.2) is 24.3 Å². The summed E-state index contributed by atoms with van der Waals surface area (Å²) in [6.07, 6.45) is 2.02. The van der Waals surface area contributed by atoms with E-state index < -0.39 is 12.0 Å². The topological polar surface area (TPSA) is 66.8 Å². The van der Waals surface area contributed by atoms with Crippen molar-refractivity contribution in [3.05, 3.63) is 35.4 Å². The SMILES string of the molecule is O=C(O)C1Cc2ccccc2CN1C(=O)C1CCCOC1. The van der Waals surface area contributed by atoms with E-state index in [0.29, 0.717) is 26.2 Å². The maximum Gasteiger partial charge on any atom is 0.326 e. The fraction of sp³-hybridized carbons (Fsp3) is 0.500. The molecule has 0 saturated carbocycles. The number of aliphatic carboxylic acids is 1. The number of carbonyl (C=O) groups excluding carboxylic acids is 1. The van der Waals surface area contributed by atoms with E-state index in [4.69, 9.17) is 4.74 Å². The molecule has 2 aliphatic rings. The van der Waals surface area contributed by atoms with Crippen molar-refractivity contribution < 1.29 is 19.4 Å². The Balaban J connectivity index is 1.85. The number of ether oxygens (including phenoxy) is 1. The summed E-state index contributed by atoms with van der Waals surface area (Å²) in [6, 6.07) is 6.97. The highest BCUT2D eigenvalue weighted by Crippen LogP contribution is 2.27. The first-order valence-electron chi connectivity index (χ1n) is 7.34. The molecular weight excluding hydrogens is 270 g/mol. The van der Waals surface area contributed by atoms with E-state index in [2.05, 4.69) is 0 Å². The monoisotopic (exact) mass is 289 g/mol. The van der Waals surface area contributed by atoms with E-state index in [1.54, 1.807) is 0 Å². The van der Waals surface area contributed by atoms with E-state index >= 15 is 0 Å². The zero-order valence-corrected chi connectivity index (χ0v) is 11.8. The first kappa shape index (κ1) is 14.1. The normalized spacial score (nSPS) is 25.2. The first-order valence-corrected chi connectivity index (χ1v) is 7.34. The maximum atomic E-state index is 12.7. The molecule has 1 fully saturated rings. The number of hydrogen-bond acceptors (Lipinski definition) is 3. The fourth-order valence-electron chi connectivity index (χ4n) is 3.15. The first-order chi connectivity index (χ1) is 10.2. The molecule has 5 nitrogen and oxygen atoms in total. The molecule has 0 aromatic heterocycles. The number of benzene rings is 1. The van der Waals surface area contributed by atoms with Crippen molar-refractivity contribution in [1.82, 2.24) is 4.90 Å². The van der Waals surface area contributed by atoms with Gasteiger partial charge in [-0.25, -0.2) is 4.79 Å². The van der Waals surface area contributed by atoms with Crippen LogP contribution in [0, 0.1) is 5.92 Å². The Hall–Kier alpha value is -1.88. The standard InChI is InChI=1S/C16H19NO4/c18-15(13-6-3-7-21-10-13)17-9-12-5-2-1-4-11(12)8-14(17)16(19)20/h1-2,4-5,13-14H,3,6-10H2,(H,19,20). The zero-order valence-electron chi connectivity index (χ0n) is 11.8. The van der Waals surface area contributed by atoms with Gasteiger partial charge >= 0.3 is 5.97 Å². The van der Waals surface area contributed by atoms with Crippen molar-refractivity contribution in [2.45, 2.75) is 31.8 Å². The second-order valence-electron chi connectivity index (χ2n) is 5.71. The Bertz CT molecular complexity index is 551. The summed E-state index contributed by atoms with van der Waals surface area (Å²) < 4.78 is 5.36. The minimum Gasteiger partial charge on any atom is -0.480 e. The molecule has 21 heavy (non-hydrogen) atoms. The number of carboxylic acids is 1. The lowest BCUT2D eigenvalue weighted by Gasteiger charge is -2.37. The number of fused-ring (bicyclic) bond motifs is 1. The Kier molecular flexibility index (Phi) is 3.92. The van der Waals surface area contributed by atoms with Gasteiger partial charge in [-0.2, -0.15) is 0 Å². The zero-order chi connectivity index (χ0) is 14.8. The highest BCUT2D eigenvalue weighted by atomic mass is 16.5. The molecule has 0 bridgehead atoms. The molecular formula is C16H19NO4. The van der Waals surface area contributed by atoms with Gasteiger partial charge in [0, 0.05) is 19.6 Å². The van der Waals surface area contributed by atoms with Crippen LogP contribution in [0.4, 0.5) is 0 Å². The van der Waals surface area contributed by atoms with Crippen LogP contribution in [-0.4, -0.2) is 41.1 Å². The summed E-state index contributed by atoms with van der Waals surface area (Å²) in [5.41, 5.74) is 2.06. The molecule has 2 aliphatic heterocycles. The van der Waals surface area contributed by atoms with Gasteiger partial charge in [-0.1, -0.05) is 24.3 Å². The van der Waals surface area contributed by atoms with E-state index in [1.165, 1.54) is 4.90 Å². The summed E-state index contributed by atoms with van der Waals surface area (Å²) in [5, 5.41) is 9.46. The minimum atomic E-state index is -0.936. The summed E-state index contributed by atoms with van der Waals surface area (Å²) in [4.78, 5) is 25.7. The van der Waals surface area contributed by atoms with Gasteiger partial charge in [0.15, 0.2) is 0 Å². The predicted octanol–water partition coefficient (Wildman–Crippen LogP) is 1.45. The van der Waals surface area contributed by atoms with Crippen LogP contribution < -0.4 is 0 Å². The van der Waals surface area contributed by atoms with E-state index in [0.717, 1.165) is 24.0 Å². The third-order valence-electron chi connectivity index (χ3n) is 4.33. The van der Waals surface area contributed by atoms with Gasteiger partial charge in [-0.05, 0) is 24.0 Å². The molecule has 1 aromatic rings. The third-order valence-corrected chi connectivity index (χ3v) is 4.33. The Morgan fingerprint density at radius 1 is 1.24 bits per heavy atom. The second kappa shape index (κ2) is 5.85. The van der Waals surface area contributed by atoms with Crippen LogP contribution in [0.2, 0.25) is 0 Å². The van der Waals surface area contributed by atoms with Crippen molar-refractivity contribution in [2.24, 2.45) is 5.92 Å². The molecule has 2 unspecified atom stereocenters. The average molecular weight is 289 g/mol. The molecule has 0 spiro atoms. The highest BCUT2D eigenvalue weighted by molar-refractivity contribution is 5.86. The third kappa shape index (κ3) is 2.78. The van der Waals surface area contributed by atoms with E-state index in [1.807, 2.05) is 24.3 Å². The van der Waals surface area contributed by atoms with Gasteiger partial charge < -0.3 is 14.7 Å². The number of nitrogens with zero attached hydrogens (tertiary/aromatic N) is 1. The van der Waals surface area contributed by atoms with Crippen LogP contribution in [0.25, 0.3) is 0 Å². The molecule has 0 aliphatic carbocycles. The van der Waals surface area contributed by atoms with Crippen molar-refractivity contribution in [2.75, 3.05) is 13.2 Å². The molecule has 112 valence electrons. The van der Waals surface area contributed by atoms with Crippen molar-refractivity contribution in [3.63, 3.8) is 0 Å². The van der Waals surface area contributed by atoms with Crippen molar-refractivity contribution in [1.29, 1.82) is 0 Å². The number of carbonyl (C=O) groups is 2. The number of hydrogen-bond donors (Lipinski definition) is 1. The minimum absolute atomic E-state index is 0.0865. The number of amides is 1. The maximum absolute atomic E-state index is 12.7. The van der Waals surface area contributed by atoms with Crippen LogP contribution >= 0.6 is 0 Å². The lowest BCUT2D eigenvalue weighted by Crippen LogP contribution is -2.51. The summed E-state index contributed by atoms with van der Waals surface area (Å²) >= 11 is 0. The molecule has 2 heterocycles. The van der Waals surface area contributed by atoms with Crippen LogP contribution in [0.3, 0.4) is 0 Å². The molecule has 5 heteroatoms. The van der Waals surface area contributed by atoms with Gasteiger partial charge in [0.05, 0.1) is 12.5 Å². The molecule has 1 aromatic carbocycles. The molecule has 1 amide bonds. The largest absolute Gasteiger partial charge is 0.480 e. The molecule has 3 rings (SSSR count). The highest BCUT2D eigenvalue weighted by Gasteiger charge is 2.37. The van der Waals surface area contributed by atoms with E-state index in [9.17, 15) is 14.7 Å². The van der Waals surface area contributed by atoms with Crippen molar-refractivity contribution >= 4 is 11.9 Å². The Morgan fingerprint density at radius 3 is 2.67 bits per heavy atom. The second-order valence-corrected chi connectivity index (χ2v) is 5.71. The van der Waals surface area contributed by atoms with Crippen LogP contribution in [0.5, 0.6) is 0 Å². The van der Waals surface area contributed by atoms with Gasteiger partial charge in [0.2, 0.25) is 5.91 Å². The van der Waals surface area contributed by atoms with Gasteiger partial charge in [0.25, 0.3) is 0 Å². The molecule has 0 radical (unpaired) electrons. The lowest BCUT2D eigenvalue weighted by molar-refractivity contribution is -0.155. The smallest absolute Gasteiger partial charge is 0.326 e. The summed E-state index contributed by atoms with van der Waals surface area (Å²) in [6.45, 7) is 1.47. The van der Waals surface area contributed by atoms with Gasteiger partial charge in [0.1, 0.15) is 6.04 Å². The van der Waals surface area contributed by atoms with E-state index in [-0.39, 0.29) is 11.8 Å². The fourth-order valence-corrected chi connectivity index (χ4v) is 3.15. The number of rotatable bonds is 2. The summed E-state index contributed by atoms with van der Waals surface area (Å²) in [5.74, 6) is -1.22. The Morgan fingerprint density at radius 2 is 2.00 bits per heavy atom. The Labute approximate surface area is 123 Å². The van der Waals surface area contributed by atoms with Crippen molar-refractivity contribution in [3.8, 4) is 0 Å². The molecule has 1 N–H and O–H groups in total. The average Bonchev–Trinajstić information content (AvgIpc) is 2.53. The van der Waals surface area contributed by atoms with Crippen LogP contribution in [0.1, 0.15) is 24.0 Å². The predicted molar refractivity (Wildman–Crippen MR) is 75.7 cm³/mol. The molecule has 1 saturated heterocycles. The van der Waals surface area contributed by atoms with Gasteiger partial charge in [-0.15, -0.1) is 0 Å². The van der Waals surface area contributed by atoms with Gasteiger partial charge in [-0.3, -0.25) is 4.79 Å². The molecule has 2 atom stereocenters. The number of carboxylic acid groups (broad SMARTS) is 1. The summed E-state index contributed by atoms with van der Waals surface area (Å²) in [7, 11) is 0. The lowest BCUT2D eigenvalue weighted by atomic mass is 9.91. The van der Waals surface area contributed by atoms with Crippen LogP contribution in [-0.2, 0) is 27.3 Å². The quantitative estimate of drug-likeness (QED) is 0.895.